The third-order valence-corrected chi connectivity index (χ3v) is 4.30. The number of aryl methyl sites for hydroxylation is 2. The Bertz CT molecular complexity index is 1030. The van der Waals surface area contributed by atoms with Gasteiger partial charge in [0.25, 0.3) is 5.91 Å². The number of pyridine rings is 1. The van der Waals surface area contributed by atoms with Gasteiger partial charge in [-0.15, -0.1) is 0 Å². The first kappa shape index (κ1) is 16.6. The Kier molecular flexibility index (Phi) is 4.35. The number of carbonyl (C=O) groups excluding carboxylic acids is 1. The lowest BCUT2D eigenvalue weighted by Crippen LogP contribution is -2.23. The van der Waals surface area contributed by atoms with Gasteiger partial charge in [-0.3, -0.25) is 9.59 Å². The van der Waals surface area contributed by atoms with Gasteiger partial charge in [0.1, 0.15) is 5.56 Å². The Morgan fingerprint density at radius 1 is 1.08 bits per heavy atom. The zero-order valence-electron chi connectivity index (χ0n) is 13.1. The molecule has 0 aliphatic rings. The molecule has 0 fully saturated rings. The Morgan fingerprint density at radius 3 is 2.46 bits per heavy atom. The molecule has 3 rings (SSSR count). The lowest BCUT2D eigenvalue weighted by molar-refractivity contribution is 0.102. The minimum atomic E-state index is -0.470. The molecule has 1 amide bonds. The van der Waals surface area contributed by atoms with Gasteiger partial charge in [0.05, 0.1) is 5.52 Å². The summed E-state index contributed by atoms with van der Waals surface area (Å²) in [6.07, 6.45) is 1.53. The summed E-state index contributed by atoms with van der Waals surface area (Å²) in [4.78, 5) is 25.2. The highest BCUT2D eigenvalue weighted by atomic mass is 35.5. The molecule has 0 aliphatic heterocycles. The zero-order valence-corrected chi connectivity index (χ0v) is 14.6. The summed E-state index contributed by atoms with van der Waals surface area (Å²) in [6.45, 7) is 1.83. The van der Waals surface area contributed by atoms with Crippen molar-refractivity contribution in [3.63, 3.8) is 0 Å². The van der Waals surface area contributed by atoms with Gasteiger partial charge in [0.15, 0.2) is 0 Å². The number of amides is 1. The molecule has 4 nitrogen and oxygen atoms in total. The molecule has 0 saturated heterocycles. The van der Waals surface area contributed by atoms with Crippen molar-refractivity contribution >= 4 is 45.7 Å². The average Bonchev–Trinajstić information content (AvgIpc) is 2.53. The maximum Gasteiger partial charge on any atom is 0.261 e. The molecule has 0 aliphatic carbocycles. The van der Waals surface area contributed by atoms with E-state index in [1.165, 1.54) is 6.20 Å². The van der Waals surface area contributed by atoms with Crippen molar-refractivity contribution < 1.29 is 4.79 Å². The van der Waals surface area contributed by atoms with Crippen LogP contribution >= 0.6 is 23.2 Å². The smallest absolute Gasteiger partial charge is 0.261 e. The molecule has 24 heavy (non-hydrogen) atoms. The molecule has 2 aromatic carbocycles. The van der Waals surface area contributed by atoms with Gasteiger partial charge in [0.2, 0.25) is 5.43 Å². The third-order valence-electron chi connectivity index (χ3n) is 3.83. The number of benzene rings is 2. The number of hydrogen-bond acceptors (Lipinski definition) is 2. The van der Waals surface area contributed by atoms with Crippen LogP contribution in [-0.4, -0.2) is 10.5 Å². The van der Waals surface area contributed by atoms with E-state index < -0.39 is 5.91 Å². The van der Waals surface area contributed by atoms with Crippen molar-refractivity contribution in [1.29, 1.82) is 0 Å². The monoisotopic (exact) mass is 360 g/mol. The molecular weight excluding hydrogens is 347 g/mol. The number of anilines is 1. The normalized spacial score (nSPS) is 10.8. The third kappa shape index (κ3) is 3.03. The predicted molar refractivity (Wildman–Crippen MR) is 98.3 cm³/mol. The molecule has 0 unspecified atom stereocenters. The van der Waals surface area contributed by atoms with E-state index in [1.807, 2.05) is 6.92 Å². The second-order valence-corrected chi connectivity index (χ2v) is 6.43. The van der Waals surface area contributed by atoms with E-state index in [0.717, 1.165) is 5.56 Å². The van der Waals surface area contributed by atoms with Gasteiger partial charge in [-0.1, -0.05) is 23.2 Å². The molecule has 0 saturated carbocycles. The molecule has 1 heterocycles. The van der Waals surface area contributed by atoms with E-state index in [0.29, 0.717) is 26.6 Å². The van der Waals surface area contributed by atoms with Crippen molar-refractivity contribution in [2.75, 3.05) is 5.32 Å². The fourth-order valence-corrected chi connectivity index (χ4v) is 2.98. The van der Waals surface area contributed by atoms with Gasteiger partial charge in [-0.25, -0.2) is 0 Å². The Labute approximate surface area is 148 Å². The van der Waals surface area contributed by atoms with E-state index in [4.69, 9.17) is 23.2 Å². The molecule has 0 radical (unpaired) electrons. The Hall–Kier alpha value is -2.30. The molecular formula is C18H14Cl2N2O2. The van der Waals surface area contributed by atoms with E-state index in [9.17, 15) is 9.59 Å². The predicted octanol–water partition coefficient (Wildman–Crippen LogP) is 4.41. The summed E-state index contributed by atoms with van der Waals surface area (Å²) >= 11 is 11.9. The molecule has 1 aromatic heterocycles. The highest BCUT2D eigenvalue weighted by molar-refractivity contribution is 6.31. The summed E-state index contributed by atoms with van der Waals surface area (Å²) in [7, 11) is 1.78. The zero-order chi connectivity index (χ0) is 17.4. The molecule has 1 N–H and O–H groups in total. The van der Waals surface area contributed by atoms with Gasteiger partial charge in [-0.2, -0.15) is 0 Å². The van der Waals surface area contributed by atoms with E-state index in [-0.39, 0.29) is 11.0 Å². The van der Waals surface area contributed by atoms with Crippen LogP contribution in [0.25, 0.3) is 10.9 Å². The maximum atomic E-state index is 12.6. The second-order valence-electron chi connectivity index (χ2n) is 5.56. The first-order chi connectivity index (χ1) is 11.4. The number of hydrogen-bond donors (Lipinski definition) is 1. The van der Waals surface area contributed by atoms with E-state index in [1.54, 1.807) is 48.0 Å². The van der Waals surface area contributed by atoms with Crippen molar-refractivity contribution in [3.8, 4) is 0 Å². The van der Waals surface area contributed by atoms with Crippen LogP contribution in [-0.2, 0) is 7.05 Å². The van der Waals surface area contributed by atoms with E-state index >= 15 is 0 Å². The molecule has 0 spiro atoms. The summed E-state index contributed by atoms with van der Waals surface area (Å²) < 4.78 is 1.73. The number of nitrogens with zero attached hydrogens (tertiary/aromatic N) is 1. The SMILES string of the molecule is Cc1cc(Cl)ccc1NC(=O)c1cn(C)c2ccc(Cl)cc2c1=O. The van der Waals surface area contributed by atoms with E-state index in [2.05, 4.69) is 5.32 Å². The largest absolute Gasteiger partial charge is 0.350 e. The quantitative estimate of drug-likeness (QED) is 0.735. The topological polar surface area (TPSA) is 51.1 Å². The molecule has 3 aromatic rings. The van der Waals surface area contributed by atoms with Crippen LogP contribution in [0.2, 0.25) is 10.0 Å². The molecule has 0 atom stereocenters. The number of nitrogens with one attached hydrogen (secondary N) is 1. The summed E-state index contributed by atoms with van der Waals surface area (Å²) in [5.41, 5.74) is 1.84. The van der Waals surface area contributed by atoms with Crippen LogP contribution in [0.5, 0.6) is 0 Å². The number of halogens is 2. The van der Waals surface area contributed by atoms with Crippen molar-refractivity contribution in [3.05, 3.63) is 74.0 Å². The fraction of sp³-hybridized carbons (Fsp3) is 0.111. The standard InChI is InChI=1S/C18H14Cl2N2O2/c1-10-7-11(19)3-5-15(10)21-18(24)14-9-22(2)16-6-4-12(20)8-13(16)17(14)23/h3-9H,1-2H3,(H,21,24). The second kappa shape index (κ2) is 6.30. The number of aromatic nitrogens is 1. The highest BCUT2D eigenvalue weighted by Gasteiger charge is 2.15. The van der Waals surface area contributed by atoms with Crippen molar-refractivity contribution in [2.24, 2.45) is 7.05 Å². The fourth-order valence-electron chi connectivity index (χ4n) is 2.58. The highest BCUT2D eigenvalue weighted by Crippen LogP contribution is 2.21. The number of carbonyl (C=O) groups is 1. The van der Waals surface area contributed by atoms with Crippen LogP contribution in [0.1, 0.15) is 15.9 Å². The number of fused-ring (bicyclic) bond motifs is 1. The van der Waals surface area contributed by atoms with Gasteiger partial charge >= 0.3 is 0 Å². The lowest BCUT2D eigenvalue weighted by Gasteiger charge is -2.11. The van der Waals surface area contributed by atoms with Gasteiger partial charge in [0, 0.05) is 34.4 Å². The molecule has 0 bridgehead atoms. The Morgan fingerprint density at radius 2 is 1.75 bits per heavy atom. The van der Waals surface area contributed by atoms with Crippen LogP contribution in [0.15, 0.2) is 47.4 Å². The van der Waals surface area contributed by atoms with Crippen molar-refractivity contribution in [1.82, 2.24) is 4.57 Å². The summed E-state index contributed by atoms with van der Waals surface area (Å²) in [5.74, 6) is -0.470. The first-order valence-electron chi connectivity index (χ1n) is 7.23. The molecule has 6 heteroatoms. The molecule has 122 valence electrons. The van der Waals surface area contributed by atoms with Crippen molar-refractivity contribution in [2.45, 2.75) is 6.92 Å². The average molecular weight is 361 g/mol. The van der Waals surface area contributed by atoms with Gasteiger partial charge in [-0.05, 0) is 48.9 Å². The summed E-state index contributed by atoms with van der Waals surface area (Å²) in [6, 6.07) is 10.2. The summed E-state index contributed by atoms with van der Waals surface area (Å²) in [5, 5.41) is 4.20. The maximum absolute atomic E-state index is 12.6. The van der Waals surface area contributed by atoms with Crippen LogP contribution in [0, 0.1) is 6.92 Å². The minimum absolute atomic E-state index is 0.0571. The van der Waals surface area contributed by atoms with Gasteiger partial charge < -0.3 is 9.88 Å². The van der Waals surface area contributed by atoms with Crippen LogP contribution in [0.4, 0.5) is 5.69 Å². The minimum Gasteiger partial charge on any atom is -0.350 e. The first-order valence-corrected chi connectivity index (χ1v) is 7.99. The van der Waals surface area contributed by atoms with Crippen LogP contribution < -0.4 is 10.7 Å². The Balaban J connectivity index is 2.07. The lowest BCUT2D eigenvalue weighted by atomic mass is 10.1. The number of rotatable bonds is 2. The van der Waals surface area contributed by atoms with Crippen LogP contribution in [0.3, 0.4) is 0 Å².